The normalized spacial score (nSPS) is 21.0. The van der Waals surface area contributed by atoms with Crippen molar-refractivity contribution in [2.75, 3.05) is 13.1 Å². The number of carbonyl (C=O) groups is 1. The summed E-state index contributed by atoms with van der Waals surface area (Å²) >= 11 is 0. The fourth-order valence-electron chi connectivity index (χ4n) is 4.91. The van der Waals surface area contributed by atoms with E-state index in [1.54, 1.807) is 0 Å². The fraction of sp³-hybridized carbons (Fsp3) is 0.345. The van der Waals surface area contributed by atoms with Gasteiger partial charge in [-0.15, -0.1) is 0 Å². The van der Waals surface area contributed by atoms with Gasteiger partial charge in [0.1, 0.15) is 0 Å². The van der Waals surface area contributed by atoms with Crippen LogP contribution in [0.2, 0.25) is 0 Å². The number of amides is 1. The van der Waals surface area contributed by atoms with Crippen LogP contribution in [0.3, 0.4) is 0 Å². The van der Waals surface area contributed by atoms with Gasteiger partial charge in [0.25, 0.3) is 5.91 Å². The third-order valence-electron chi connectivity index (χ3n) is 6.97. The summed E-state index contributed by atoms with van der Waals surface area (Å²) in [5, 5.41) is 6.90. The number of piperidine rings is 1. The van der Waals surface area contributed by atoms with Crippen LogP contribution < -0.4 is 10.6 Å². The van der Waals surface area contributed by atoms with E-state index in [4.69, 9.17) is 0 Å². The molecular weight excluding hydrogens is 406 g/mol. The van der Waals surface area contributed by atoms with Gasteiger partial charge in [0.05, 0.1) is 0 Å². The topological polar surface area (TPSA) is 44.4 Å². The minimum Gasteiger partial charge on any atom is -0.348 e. The molecule has 170 valence electrons. The maximum Gasteiger partial charge on any atom is 0.251 e. The highest BCUT2D eigenvalue weighted by molar-refractivity contribution is 5.94. The second kappa shape index (κ2) is 10.3. The Labute approximate surface area is 197 Å². The molecule has 2 fully saturated rings. The van der Waals surface area contributed by atoms with Gasteiger partial charge in [-0.3, -0.25) is 9.69 Å². The lowest BCUT2D eigenvalue weighted by Gasteiger charge is -2.32. The van der Waals surface area contributed by atoms with Crippen molar-refractivity contribution in [2.45, 2.75) is 50.4 Å². The first-order valence-corrected chi connectivity index (χ1v) is 12.2. The van der Waals surface area contributed by atoms with E-state index in [9.17, 15) is 4.79 Å². The monoisotopic (exact) mass is 439 g/mol. The van der Waals surface area contributed by atoms with Gasteiger partial charge in [-0.1, -0.05) is 72.8 Å². The summed E-state index contributed by atoms with van der Waals surface area (Å²) in [6, 6.07) is 30.2. The molecule has 1 aliphatic carbocycles. The molecule has 0 bridgehead atoms. The van der Waals surface area contributed by atoms with Gasteiger partial charge >= 0.3 is 0 Å². The standard InChI is InChI=1S/C29H33N3O/c33-29(30-20-22-7-3-1-4-8-22)25-13-11-24(12-14-25)27-19-28(27)31-26-15-17-32(18-16-26)21-23-9-5-2-6-10-23/h1-14,26-28,31H,15-21H2,(H,30,33). The molecule has 4 nitrogen and oxygen atoms in total. The van der Waals surface area contributed by atoms with Gasteiger partial charge < -0.3 is 10.6 Å². The molecule has 1 aliphatic heterocycles. The van der Waals surface area contributed by atoms with Crippen molar-refractivity contribution in [3.63, 3.8) is 0 Å². The lowest BCUT2D eigenvalue weighted by Crippen LogP contribution is -2.43. The van der Waals surface area contributed by atoms with Crippen LogP contribution in [-0.4, -0.2) is 36.0 Å². The maximum absolute atomic E-state index is 12.5. The Bertz CT molecular complexity index is 1030. The molecule has 2 atom stereocenters. The van der Waals surface area contributed by atoms with Crippen molar-refractivity contribution < 1.29 is 4.79 Å². The SMILES string of the molecule is O=C(NCc1ccccc1)c1ccc(C2CC2NC2CCN(Cc3ccccc3)CC2)cc1. The van der Waals surface area contributed by atoms with Gasteiger partial charge in [0.15, 0.2) is 0 Å². The van der Waals surface area contributed by atoms with Gasteiger partial charge in [-0.2, -0.15) is 0 Å². The van der Waals surface area contributed by atoms with E-state index < -0.39 is 0 Å². The van der Waals surface area contributed by atoms with Crippen molar-refractivity contribution >= 4 is 5.91 Å². The van der Waals surface area contributed by atoms with Crippen LogP contribution in [0.4, 0.5) is 0 Å². The number of nitrogens with one attached hydrogen (secondary N) is 2. The zero-order valence-electron chi connectivity index (χ0n) is 19.1. The number of likely N-dealkylation sites (tertiary alicyclic amines) is 1. The Kier molecular flexibility index (Phi) is 6.84. The van der Waals surface area contributed by atoms with Gasteiger partial charge in [-0.25, -0.2) is 0 Å². The number of hydrogen-bond donors (Lipinski definition) is 2. The summed E-state index contributed by atoms with van der Waals surface area (Å²) in [6.07, 6.45) is 3.64. The van der Waals surface area contributed by atoms with E-state index in [0.29, 0.717) is 24.5 Å². The highest BCUT2D eigenvalue weighted by Crippen LogP contribution is 2.41. The third-order valence-corrected chi connectivity index (χ3v) is 6.97. The molecule has 33 heavy (non-hydrogen) atoms. The minimum absolute atomic E-state index is 0.0156. The van der Waals surface area contributed by atoms with Gasteiger partial charge in [0.2, 0.25) is 0 Å². The molecule has 0 radical (unpaired) electrons. The lowest BCUT2D eigenvalue weighted by atomic mass is 10.0. The Balaban J connectivity index is 1.05. The summed E-state index contributed by atoms with van der Waals surface area (Å²) in [5.74, 6) is 0.562. The van der Waals surface area contributed by atoms with Crippen molar-refractivity contribution in [1.82, 2.24) is 15.5 Å². The highest BCUT2D eigenvalue weighted by Gasteiger charge is 2.39. The molecule has 2 unspecified atom stereocenters. The zero-order chi connectivity index (χ0) is 22.5. The van der Waals surface area contributed by atoms with Crippen LogP contribution in [0.25, 0.3) is 0 Å². The van der Waals surface area contributed by atoms with Crippen molar-refractivity contribution in [3.05, 3.63) is 107 Å². The van der Waals surface area contributed by atoms with Gasteiger partial charge in [0, 0.05) is 36.7 Å². The van der Waals surface area contributed by atoms with E-state index in [2.05, 4.69) is 58.0 Å². The molecule has 3 aromatic carbocycles. The third kappa shape index (κ3) is 5.89. The molecular formula is C29H33N3O. The summed E-state index contributed by atoms with van der Waals surface area (Å²) < 4.78 is 0. The minimum atomic E-state index is -0.0156. The van der Waals surface area contributed by atoms with Gasteiger partial charge in [-0.05, 0) is 61.2 Å². The molecule has 2 N–H and O–H groups in total. The average Bonchev–Trinajstić information content (AvgIpc) is 3.64. The second-order valence-corrected chi connectivity index (χ2v) is 9.44. The number of nitrogens with zero attached hydrogens (tertiary/aromatic N) is 1. The molecule has 1 saturated heterocycles. The first kappa shape index (κ1) is 21.9. The number of carbonyl (C=O) groups excluding carboxylic acids is 1. The average molecular weight is 440 g/mol. The van der Waals surface area contributed by atoms with Crippen molar-refractivity contribution in [2.24, 2.45) is 0 Å². The predicted molar refractivity (Wildman–Crippen MR) is 133 cm³/mol. The van der Waals surface area contributed by atoms with E-state index >= 15 is 0 Å². The first-order chi connectivity index (χ1) is 16.2. The van der Waals surface area contributed by atoms with Crippen molar-refractivity contribution in [3.8, 4) is 0 Å². The van der Waals surface area contributed by atoms with Crippen LogP contribution in [0.15, 0.2) is 84.9 Å². The first-order valence-electron chi connectivity index (χ1n) is 12.2. The Hall–Kier alpha value is -2.95. The van der Waals surface area contributed by atoms with E-state index in [1.165, 1.54) is 30.4 Å². The van der Waals surface area contributed by atoms with Crippen LogP contribution in [0.5, 0.6) is 0 Å². The summed E-state index contributed by atoms with van der Waals surface area (Å²) in [7, 11) is 0. The lowest BCUT2D eigenvalue weighted by molar-refractivity contribution is 0.0951. The number of benzene rings is 3. The molecule has 1 saturated carbocycles. The number of rotatable bonds is 8. The van der Waals surface area contributed by atoms with Crippen LogP contribution >= 0.6 is 0 Å². The molecule has 5 rings (SSSR count). The van der Waals surface area contributed by atoms with Crippen LogP contribution in [-0.2, 0) is 13.1 Å². The molecule has 4 heteroatoms. The highest BCUT2D eigenvalue weighted by atomic mass is 16.1. The Morgan fingerprint density at radius 1 is 0.818 bits per heavy atom. The quantitative estimate of drug-likeness (QED) is 0.534. The predicted octanol–water partition coefficient (Wildman–Crippen LogP) is 4.73. The summed E-state index contributed by atoms with van der Waals surface area (Å²) in [5.41, 5.74) is 4.59. The maximum atomic E-state index is 12.5. The smallest absolute Gasteiger partial charge is 0.251 e. The molecule has 1 amide bonds. The number of hydrogen-bond acceptors (Lipinski definition) is 3. The van der Waals surface area contributed by atoms with E-state index in [-0.39, 0.29) is 5.91 Å². The Morgan fingerprint density at radius 3 is 2.12 bits per heavy atom. The largest absolute Gasteiger partial charge is 0.348 e. The molecule has 0 aromatic heterocycles. The van der Waals surface area contributed by atoms with Crippen LogP contribution in [0, 0.1) is 0 Å². The Morgan fingerprint density at radius 2 is 1.45 bits per heavy atom. The van der Waals surface area contributed by atoms with Crippen molar-refractivity contribution in [1.29, 1.82) is 0 Å². The molecule has 1 heterocycles. The van der Waals surface area contributed by atoms with E-state index in [1.807, 2.05) is 42.5 Å². The fourth-order valence-corrected chi connectivity index (χ4v) is 4.91. The summed E-state index contributed by atoms with van der Waals surface area (Å²) in [4.78, 5) is 15.0. The van der Waals surface area contributed by atoms with E-state index in [0.717, 1.165) is 30.8 Å². The zero-order valence-corrected chi connectivity index (χ0v) is 19.1. The second-order valence-electron chi connectivity index (χ2n) is 9.44. The molecule has 0 spiro atoms. The van der Waals surface area contributed by atoms with Crippen LogP contribution in [0.1, 0.15) is 52.2 Å². The molecule has 2 aliphatic rings. The molecule has 3 aromatic rings. The summed E-state index contributed by atoms with van der Waals surface area (Å²) in [6.45, 7) is 3.94.